The molecule has 110 valence electrons. The van der Waals surface area contributed by atoms with Crippen LogP contribution in [-0.2, 0) is 6.54 Å². The molecule has 1 N–H and O–H groups in total. The van der Waals surface area contributed by atoms with E-state index in [4.69, 9.17) is 9.15 Å². The summed E-state index contributed by atoms with van der Waals surface area (Å²) in [4.78, 5) is 10.6. The minimum atomic E-state index is -0.458. The summed E-state index contributed by atoms with van der Waals surface area (Å²) in [5.41, 5.74) is 0.601. The fourth-order valence-corrected chi connectivity index (χ4v) is 2.15. The zero-order valence-electron chi connectivity index (χ0n) is 11.7. The summed E-state index contributed by atoms with van der Waals surface area (Å²) in [6.45, 7) is 0.683. The summed E-state index contributed by atoms with van der Waals surface area (Å²) < 4.78 is 10.7. The van der Waals surface area contributed by atoms with Crippen LogP contribution >= 0.6 is 0 Å². The molecule has 6 nitrogen and oxygen atoms in total. The second-order valence-corrected chi connectivity index (χ2v) is 5.06. The SMILES string of the molecule is COc1ccc(-c2ccc(CNC3CC3)o2)cc1[N+](=O)[O-]. The third-order valence-electron chi connectivity index (χ3n) is 3.46. The predicted molar refractivity (Wildman–Crippen MR) is 77.2 cm³/mol. The average molecular weight is 288 g/mol. The van der Waals surface area contributed by atoms with Crippen LogP contribution < -0.4 is 10.1 Å². The third kappa shape index (κ3) is 3.05. The van der Waals surface area contributed by atoms with Crippen LogP contribution in [0.25, 0.3) is 11.3 Å². The summed E-state index contributed by atoms with van der Waals surface area (Å²) in [6, 6.07) is 9.13. The summed E-state index contributed by atoms with van der Waals surface area (Å²) in [5.74, 6) is 1.69. The Balaban J connectivity index is 1.82. The van der Waals surface area contributed by atoms with Crippen molar-refractivity contribution in [3.05, 3.63) is 46.2 Å². The van der Waals surface area contributed by atoms with E-state index in [-0.39, 0.29) is 11.4 Å². The molecule has 0 bridgehead atoms. The van der Waals surface area contributed by atoms with Crippen molar-refractivity contribution in [2.24, 2.45) is 0 Å². The number of nitrogens with one attached hydrogen (secondary N) is 1. The van der Waals surface area contributed by atoms with Gasteiger partial charge in [0.2, 0.25) is 0 Å². The van der Waals surface area contributed by atoms with Gasteiger partial charge in [0.05, 0.1) is 18.6 Å². The first-order valence-electron chi connectivity index (χ1n) is 6.82. The van der Waals surface area contributed by atoms with Crippen LogP contribution in [0.15, 0.2) is 34.7 Å². The molecule has 1 saturated carbocycles. The van der Waals surface area contributed by atoms with E-state index in [2.05, 4.69) is 5.32 Å². The van der Waals surface area contributed by atoms with Crippen LogP contribution in [0, 0.1) is 10.1 Å². The Bertz CT molecular complexity index is 661. The first kappa shape index (κ1) is 13.6. The van der Waals surface area contributed by atoms with Gasteiger partial charge in [-0.25, -0.2) is 0 Å². The number of nitro groups is 1. The molecule has 0 unspecified atom stereocenters. The molecule has 1 fully saturated rings. The molecule has 21 heavy (non-hydrogen) atoms. The van der Waals surface area contributed by atoms with Crippen molar-refractivity contribution >= 4 is 5.69 Å². The van der Waals surface area contributed by atoms with Gasteiger partial charge >= 0.3 is 5.69 Å². The highest BCUT2D eigenvalue weighted by Crippen LogP contribution is 2.33. The Hall–Kier alpha value is -2.34. The summed E-state index contributed by atoms with van der Waals surface area (Å²) in [7, 11) is 1.41. The van der Waals surface area contributed by atoms with Crippen molar-refractivity contribution in [3.63, 3.8) is 0 Å². The van der Waals surface area contributed by atoms with Gasteiger partial charge in [-0.05, 0) is 37.1 Å². The van der Waals surface area contributed by atoms with Crippen LogP contribution in [0.4, 0.5) is 5.69 Å². The molecule has 0 amide bonds. The second-order valence-electron chi connectivity index (χ2n) is 5.06. The van der Waals surface area contributed by atoms with E-state index in [1.54, 1.807) is 12.1 Å². The van der Waals surface area contributed by atoms with E-state index in [0.29, 0.717) is 23.9 Å². The maximum atomic E-state index is 11.0. The second kappa shape index (κ2) is 5.57. The fraction of sp³-hybridized carbons (Fsp3) is 0.333. The lowest BCUT2D eigenvalue weighted by molar-refractivity contribution is -0.385. The van der Waals surface area contributed by atoms with E-state index in [9.17, 15) is 10.1 Å². The van der Waals surface area contributed by atoms with Gasteiger partial charge in [-0.1, -0.05) is 0 Å². The van der Waals surface area contributed by atoms with Gasteiger partial charge < -0.3 is 14.5 Å². The zero-order chi connectivity index (χ0) is 14.8. The highest BCUT2D eigenvalue weighted by molar-refractivity contribution is 5.65. The predicted octanol–water partition coefficient (Wildman–Crippen LogP) is 3.12. The number of nitrogens with zero attached hydrogens (tertiary/aromatic N) is 1. The first-order valence-corrected chi connectivity index (χ1v) is 6.82. The van der Waals surface area contributed by atoms with Gasteiger partial charge in [0.15, 0.2) is 5.75 Å². The van der Waals surface area contributed by atoms with Crippen molar-refractivity contribution in [1.29, 1.82) is 0 Å². The maximum absolute atomic E-state index is 11.0. The van der Waals surface area contributed by atoms with Gasteiger partial charge in [-0.3, -0.25) is 10.1 Å². The average Bonchev–Trinajstić information content (AvgIpc) is 3.21. The lowest BCUT2D eigenvalue weighted by atomic mass is 10.1. The number of benzene rings is 1. The van der Waals surface area contributed by atoms with Crippen LogP contribution in [0.3, 0.4) is 0 Å². The molecule has 1 aromatic heterocycles. The normalized spacial score (nSPS) is 14.1. The quantitative estimate of drug-likeness (QED) is 0.652. The van der Waals surface area contributed by atoms with E-state index in [1.807, 2.05) is 12.1 Å². The standard InChI is InChI=1S/C15H16N2O4/c1-20-15-6-2-10(8-13(15)17(18)19)14-7-5-12(21-14)9-16-11-3-4-11/h2,5-8,11,16H,3-4,9H2,1H3. The Kier molecular flexibility index (Phi) is 3.62. The van der Waals surface area contributed by atoms with E-state index < -0.39 is 4.92 Å². The fourth-order valence-electron chi connectivity index (χ4n) is 2.15. The Morgan fingerprint density at radius 3 is 2.86 bits per heavy atom. The molecule has 1 aliphatic rings. The van der Waals surface area contributed by atoms with Crippen molar-refractivity contribution in [3.8, 4) is 17.1 Å². The Labute approximate surface area is 121 Å². The number of hydrogen-bond donors (Lipinski definition) is 1. The number of methoxy groups -OCH3 is 1. The summed E-state index contributed by atoms with van der Waals surface area (Å²) >= 11 is 0. The summed E-state index contributed by atoms with van der Waals surface area (Å²) in [6.07, 6.45) is 2.44. The van der Waals surface area contributed by atoms with Crippen molar-refractivity contribution < 1.29 is 14.1 Å². The first-order chi connectivity index (χ1) is 10.2. The number of ether oxygens (including phenoxy) is 1. The number of hydrogen-bond acceptors (Lipinski definition) is 5. The van der Waals surface area contributed by atoms with Crippen LogP contribution in [0.1, 0.15) is 18.6 Å². The topological polar surface area (TPSA) is 77.5 Å². The molecule has 0 aliphatic heterocycles. The number of rotatable bonds is 6. The molecule has 1 aliphatic carbocycles. The van der Waals surface area contributed by atoms with Crippen LogP contribution in [0.2, 0.25) is 0 Å². The van der Waals surface area contributed by atoms with Gasteiger partial charge in [0.1, 0.15) is 11.5 Å². The van der Waals surface area contributed by atoms with Crippen molar-refractivity contribution in [2.45, 2.75) is 25.4 Å². The van der Waals surface area contributed by atoms with Crippen LogP contribution in [-0.4, -0.2) is 18.1 Å². The van der Waals surface area contributed by atoms with Crippen LogP contribution in [0.5, 0.6) is 5.75 Å². The molecular weight excluding hydrogens is 272 g/mol. The Morgan fingerprint density at radius 2 is 2.19 bits per heavy atom. The third-order valence-corrected chi connectivity index (χ3v) is 3.46. The minimum absolute atomic E-state index is 0.0657. The van der Waals surface area contributed by atoms with Crippen molar-refractivity contribution in [1.82, 2.24) is 5.32 Å². The molecule has 2 aromatic rings. The van der Waals surface area contributed by atoms with Gasteiger partial charge in [-0.2, -0.15) is 0 Å². The molecule has 0 radical (unpaired) electrons. The molecule has 6 heteroatoms. The molecule has 0 atom stereocenters. The maximum Gasteiger partial charge on any atom is 0.311 e. The van der Waals surface area contributed by atoms with Gasteiger partial charge in [-0.15, -0.1) is 0 Å². The largest absolute Gasteiger partial charge is 0.490 e. The van der Waals surface area contributed by atoms with Gasteiger partial charge in [0, 0.05) is 17.7 Å². The van der Waals surface area contributed by atoms with E-state index >= 15 is 0 Å². The lowest BCUT2D eigenvalue weighted by Gasteiger charge is -2.03. The monoisotopic (exact) mass is 288 g/mol. The molecule has 3 rings (SSSR count). The van der Waals surface area contributed by atoms with E-state index in [1.165, 1.54) is 26.0 Å². The van der Waals surface area contributed by atoms with E-state index in [0.717, 1.165) is 5.76 Å². The lowest BCUT2D eigenvalue weighted by Crippen LogP contribution is -2.14. The Morgan fingerprint density at radius 1 is 1.38 bits per heavy atom. The zero-order valence-corrected chi connectivity index (χ0v) is 11.7. The molecule has 0 saturated heterocycles. The summed E-state index contributed by atoms with van der Waals surface area (Å²) in [5, 5.41) is 14.4. The molecule has 1 heterocycles. The molecule has 1 aromatic carbocycles. The molecular formula is C15H16N2O4. The van der Waals surface area contributed by atoms with Gasteiger partial charge in [0.25, 0.3) is 0 Å². The van der Waals surface area contributed by atoms with Crippen molar-refractivity contribution in [2.75, 3.05) is 7.11 Å². The number of furan rings is 1. The highest BCUT2D eigenvalue weighted by Gasteiger charge is 2.21. The molecule has 0 spiro atoms. The smallest absolute Gasteiger partial charge is 0.311 e. The highest BCUT2D eigenvalue weighted by atomic mass is 16.6. The number of nitro benzene ring substituents is 1. The minimum Gasteiger partial charge on any atom is -0.490 e.